The van der Waals surface area contributed by atoms with Crippen LogP contribution in [0, 0.1) is 24.2 Å². The number of rotatable bonds is 13. The van der Waals surface area contributed by atoms with Gasteiger partial charge >= 0.3 is 5.97 Å². The average molecular weight is 621 g/mol. The lowest BCUT2D eigenvalue weighted by atomic mass is 9.90. The van der Waals surface area contributed by atoms with Crippen LogP contribution in [0.4, 0.5) is 5.82 Å². The van der Waals surface area contributed by atoms with Gasteiger partial charge < -0.3 is 10.0 Å². The second-order valence-corrected chi connectivity index (χ2v) is 13.0. The standard InChI is InChI=1S/C33H40N4O4S2/c1-3-4-16-36-30(35-18-14-25(15-19-35)20-24-11-7-5-8-12-24)26(23(2)27(22-34)31(36)40)21-28-32(41)37(33(42)43-28)17-10-6-9-13-29(38)39/h5,7-8,11-12,21,25H,3-4,6,9-10,13-20H2,1-2H3,(H,38,39)/b28-21+. The number of benzene rings is 1. The first kappa shape index (κ1) is 32.5. The molecule has 0 saturated carbocycles. The predicted octanol–water partition coefficient (Wildman–Crippen LogP) is 6.13. The second-order valence-electron chi connectivity index (χ2n) is 11.3. The van der Waals surface area contributed by atoms with Gasteiger partial charge in [0, 0.05) is 38.2 Å². The van der Waals surface area contributed by atoms with E-state index in [-0.39, 0.29) is 23.5 Å². The Bertz CT molecular complexity index is 1470. The van der Waals surface area contributed by atoms with Crippen LogP contribution in [0.1, 0.15) is 80.5 Å². The van der Waals surface area contributed by atoms with Crippen molar-refractivity contribution >= 4 is 52.1 Å². The van der Waals surface area contributed by atoms with E-state index >= 15 is 0 Å². The number of hydrogen-bond donors (Lipinski definition) is 1. The van der Waals surface area contributed by atoms with Crippen molar-refractivity contribution < 1.29 is 14.7 Å². The van der Waals surface area contributed by atoms with E-state index in [1.165, 1.54) is 17.3 Å². The normalized spacial score (nSPS) is 16.7. The Balaban J connectivity index is 1.64. The minimum Gasteiger partial charge on any atom is -0.481 e. The summed E-state index contributed by atoms with van der Waals surface area (Å²) in [5.74, 6) is 0.318. The first-order chi connectivity index (χ1) is 20.7. The molecule has 1 aromatic carbocycles. The number of piperidine rings is 1. The number of nitriles is 1. The zero-order chi connectivity index (χ0) is 30.9. The first-order valence-corrected chi connectivity index (χ1v) is 16.4. The van der Waals surface area contributed by atoms with Crippen LogP contribution in [0.3, 0.4) is 0 Å². The highest BCUT2D eigenvalue weighted by Gasteiger charge is 2.33. The van der Waals surface area contributed by atoms with Gasteiger partial charge in [-0.3, -0.25) is 23.9 Å². The number of hydrogen-bond acceptors (Lipinski definition) is 7. The van der Waals surface area contributed by atoms with Gasteiger partial charge in [0.25, 0.3) is 11.5 Å². The smallest absolute Gasteiger partial charge is 0.303 e. The molecular weight excluding hydrogens is 581 g/mol. The van der Waals surface area contributed by atoms with Crippen LogP contribution in [0.25, 0.3) is 6.08 Å². The molecule has 2 aliphatic heterocycles. The van der Waals surface area contributed by atoms with E-state index in [1.807, 2.05) is 12.1 Å². The number of nitrogens with zero attached hydrogens (tertiary/aromatic N) is 4. The van der Waals surface area contributed by atoms with Gasteiger partial charge in [-0.25, -0.2) is 0 Å². The molecule has 0 atom stereocenters. The fraction of sp³-hybridized carbons (Fsp3) is 0.485. The molecule has 1 N–H and O–H groups in total. The molecule has 10 heteroatoms. The van der Waals surface area contributed by atoms with E-state index in [9.17, 15) is 19.6 Å². The zero-order valence-electron chi connectivity index (χ0n) is 25.0. The molecule has 8 nitrogen and oxygen atoms in total. The maximum atomic E-state index is 13.6. The number of carboxylic acids is 1. The number of carboxylic acid groups (broad SMARTS) is 1. The summed E-state index contributed by atoms with van der Waals surface area (Å²) < 4.78 is 2.22. The third kappa shape index (κ3) is 7.95. The van der Waals surface area contributed by atoms with Gasteiger partial charge in [-0.15, -0.1) is 0 Å². The Morgan fingerprint density at radius 3 is 2.49 bits per heavy atom. The lowest BCUT2D eigenvalue weighted by Crippen LogP contribution is -2.40. The Morgan fingerprint density at radius 1 is 1.12 bits per heavy atom. The molecule has 1 aromatic heterocycles. The second kappa shape index (κ2) is 15.3. The monoisotopic (exact) mass is 620 g/mol. The molecule has 0 bridgehead atoms. The number of anilines is 1. The van der Waals surface area contributed by atoms with Gasteiger partial charge in [0.2, 0.25) is 0 Å². The van der Waals surface area contributed by atoms with Crippen LogP contribution in [0.15, 0.2) is 40.0 Å². The molecule has 2 aliphatic rings. The maximum absolute atomic E-state index is 13.6. The molecule has 0 unspecified atom stereocenters. The van der Waals surface area contributed by atoms with Crippen molar-refractivity contribution in [2.75, 3.05) is 24.5 Å². The zero-order valence-corrected chi connectivity index (χ0v) is 26.6. The summed E-state index contributed by atoms with van der Waals surface area (Å²) in [7, 11) is 0. The highest BCUT2D eigenvalue weighted by atomic mass is 32.2. The van der Waals surface area contributed by atoms with E-state index < -0.39 is 5.97 Å². The van der Waals surface area contributed by atoms with E-state index in [4.69, 9.17) is 17.3 Å². The van der Waals surface area contributed by atoms with E-state index in [0.29, 0.717) is 53.1 Å². The fourth-order valence-corrected chi connectivity index (χ4v) is 7.14. The molecule has 4 rings (SSSR count). The minimum atomic E-state index is -0.822. The van der Waals surface area contributed by atoms with Crippen molar-refractivity contribution in [3.63, 3.8) is 0 Å². The number of carbonyl (C=O) groups excluding carboxylic acids is 1. The van der Waals surface area contributed by atoms with Gasteiger partial charge in [0.1, 0.15) is 21.8 Å². The van der Waals surface area contributed by atoms with Crippen molar-refractivity contribution in [2.24, 2.45) is 5.92 Å². The van der Waals surface area contributed by atoms with Crippen molar-refractivity contribution in [3.8, 4) is 6.07 Å². The number of amides is 1. The van der Waals surface area contributed by atoms with E-state index in [2.05, 4.69) is 42.2 Å². The highest BCUT2D eigenvalue weighted by Crippen LogP contribution is 2.37. The topological polar surface area (TPSA) is 107 Å². The van der Waals surface area contributed by atoms with Crippen LogP contribution in [-0.4, -0.2) is 50.4 Å². The molecule has 1 amide bonds. The van der Waals surface area contributed by atoms with Crippen LogP contribution in [-0.2, 0) is 22.6 Å². The third-order valence-electron chi connectivity index (χ3n) is 8.28. The molecule has 228 valence electrons. The van der Waals surface area contributed by atoms with Crippen LogP contribution in [0.5, 0.6) is 0 Å². The molecule has 0 aliphatic carbocycles. The van der Waals surface area contributed by atoms with Crippen LogP contribution < -0.4 is 10.5 Å². The molecular formula is C33H40N4O4S2. The summed E-state index contributed by atoms with van der Waals surface area (Å²) >= 11 is 6.79. The molecule has 2 aromatic rings. The van der Waals surface area contributed by atoms with Crippen molar-refractivity contribution in [1.82, 2.24) is 9.47 Å². The van der Waals surface area contributed by atoms with E-state index in [1.54, 1.807) is 16.4 Å². The molecule has 43 heavy (non-hydrogen) atoms. The number of thioether (sulfide) groups is 1. The first-order valence-electron chi connectivity index (χ1n) is 15.2. The minimum absolute atomic E-state index is 0.110. The predicted molar refractivity (Wildman–Crippen MR) is 176 cm³/mol. The van der Waals surface area contributed by atoms with Crippen LogP contribution in [0.2, 0.25) is 0 Å². The molecule has 3 heterocycles. The SMILES string of the molecule is CCCCn1c(N2CCC(Cc3ccccc3)CC2)c(/C=C2/SC(=S)N(CCCCCC(=O)O)C2=O)c(C)c(C#N)c1=O. The molecule has 0 radical (unpaired) electrons. The summed E-state index contributed by atoms with van der Waals surface area (Å²) in [5, 5.41) is 18.9. The van der Waals surface area contributed by atoms with Crippen molar-refractivity contribution in [1.29, 1.82) is 5.26 Å². The number of pyridine rings is 1. The van der Waals surface area contributed by atoms with Crippen molar-refractivity contribution in [3.05, 3.63) is 67.8 Å². The van der Waals surface area contributed by atoms with E-state index in [0.717, 1.165) is 56.6 Å². The maximum Gasteiger partial charge on any atom is 0.303 e. The number of carbonyl (C=O) groups is 2. The Morgan fingerprint density at radius 2 is 1.84 bits per heavy atom. The molecule has 2 fully saturated rings. The summed E-state index contributed by atoms with van der Waals surface area (Å²) in [5.41, 5.74) is 2.48. The van der Waals surface area contributed by atoms with Crippen LogP contribution >= 0.6 is 24.0 Å². The molecule has 0 spiro atoms. The third-order valence-corrected chi connectivity index (χ3v) is 9.66. The highest BCUT2D eigenvalue weighted by molar-refractivity contribution is 8.26. The summed E-state index contributed by atoms with van der Waals surface area (Å²) in [6.07, 6.45) is 8.55. The number of aliphatic carboxylic acids is 1. The number of thiocarbonyl (C=S) groups is 1. The summed E-state index contributed by atoms with van der Waals surface area (Å²) in [6.45, 7) is 6.38. The average Bonchev–Trinajstić information content (AvgIpc) is 3.26. The largest absolute Gasteiger partial charge is 0.481 e. The number of unbranched alkanes of at least 4 members (excludes halogenated alkanes) is 3. The Labute approximate surface area is 263 Å². The van der Waals surface area contributed by atoms with Gasteiger partial charge in [-0.2, -0.15) is 5.26 Å². The molecule has 2 saturated heterocycles. The number of aromatic nitrogens is 1. The lowest BCUT2D eigenvalue weighted by molar-refractivity contribution is -0.137. The Hall–Kier alpha value is -3.42. The van der Waals surface area contributed by atoms with Gasteiger partial charge in [0.15, 0.2) is 0 Å². The Kier molecular flexibility index (Phi) is 11.6. The fourth-order valence-electron chi connectivity index (χ4n) is 5.85. The summed E-state index contributed by atoms with van der Waals surface area (Å²) in [4.78, 5) is 42.2. The van der Waals surface area contributed by atoms with Gasteiger partial charge in [-0.1, -0.05) is 74.1 Å². The quantitative estimate of drug-likeness (QED) is 0.162. The summed E-state index contributed by atoms with van der Waals surface area (Å²) in [6, 6.07) is 12.7. The van der Waals surface area contributed by atoms with Crippen molar-refractivity contribution in [2.45, 2.75) is 78.2 Å². The lowest BCUT2D eigenvalue weighted by Gasteiger charge is -2.36. The van der Waals surface area contributed by atoms with Gasteiger partial charge in [-0.05, 0) is 68.6 Å². The van der Waals surface area contributed by atoms with Gasteiger partial charge in [0.05, 0.1) is 4.91 Å².